The number of aliphatic hydroxyl groups excluding tert-OH is 1. The fourth-order valence-corrected chi connectivity index (χ4v) is 1.41. The van der Waals surface area contributed by atoms with Crippen LogP contribution in [0.2, 0.25) is 5.02 Å². The van der Waals surface area contributed by atoms with Gasteiger partial charge in [0.25, 0.3) is 0 Å². The summed E-state index contributed by atoms with van der Waals surface area (Å²) >= 11 is 5.74. The number of phenols is 1. The number of esters is 1. The number of hydrogen-bond acceptors (Lipinski definition) is 5. The molecule has 0 fully saturated rings. The SMILES string of the molecule is COC(=O)C(O)c1cc(Cl)cc(OC)c1O. The highest BCUT2D eigenvalue weighted by molar-refractivity contribution is 6.30. The smallest absolute Gasteiger partial charge is 0.339 e. The van der Waals surface area contributed by atoms with Crippen molar-refractivity contribution in [2.24, 2.45) is 0 Å². The van der Waals surface area contributed by atoms with Crippen LogP contribution >= 0.6 is 11.6 Å². The fourth-order valence-electron chi connectivity index (χ4n) is 1.20. The molecule has 0 aliphatic rings. The van der Waals surface area contributed by atoms with Gasteiger partial charge in [0.2, 0.25) is 0 Å². The number of rotatable bonds is 3. The summed E-state index contributed by atoms with van der Waals surface area (Å²) in [7, 11) is 2.46. The fraction of sp³-hybridized carbons (Fsp3) is 0.300. The summed E-state index contributed by atoms with van der Waals surface area (Å²) in [6, 6.07) is 2.63. The predicted octanol–water partition coefficient (Wildman–Crippen LogP) is 1.26. The highest BCUT2D eigenvalue weighted by Gasteiger charge is 2.24. The topological polar surface area (TPSA) is 76.0 Å². The number of aliphatic hydroxyl groups is 1. The quantitative estimate of drug-likeness (QED) is 0.786. The van der Waals surface area contributed by atoms with Gasteiger partial charge in [-0.2, -0.15) is 0 Å². The number of phenolic OH excluding ortho intramolecular Hbond substituents is 1. The zero-order chi connectivity index (χ0) is 12.3. The summed E-state index contributed by atoms with van der Waals surface area (Å²) in [6.45, 7) is 0. The Bertz CT molecular complexity index is 404. The number of carbonyl (C=O) groups excluding carboxylic acids is 1. The Morgan fingerprint density at radius 3 is 2.56 bits per heavy atom. The molecule has 1 unspecified atom stereocenters. The standard InChI is InChI=1S/C10H11ClO5/c1-15-7-4-5(11)3-6(8(7)12)9(13)10(14)16-2/h3-4,9,12-13H,1-2H3. The minimum atomic E-state index is -1.60. The summed E-state index contributed by atoms with van der Waals surface area (Å²) in [4.78, 5) is 11.1. The van der Waals surface area contributed by atoms with Crippen molar-refractivity contribution in [3.05, 3.63) is 22.7 Å². The van der Waals surface area contributed by atoms with Gasteiger partial charge in [0.05, 0.1) is 14.2 Å². The molecule has 0 heterocycles. The van der Waals surface area contributed by atoms with Crippen LogP contribution in [-0.2, 0) is 9.53 Å². The molecule has 0 saturated heterocycles. The molecule has 0 aliphatic heterocycles. The van der Waals surface area contributed by atoms with E-state index >= 15 is 0 Å². The van der Waals surface area contributed by atoms with Crippen molar-refractivity contribution in [1.29, 1.82) is 0 Å². The number of benzene rings is 1. The first-order valence-electron chi connectivity index (χ1n) is 4.33. The van der Waals surface area contributed by atoms with E-state index < -0.39 is 12.1 Å². The Labute approximate surface area is 97.2 Å². The van der Waals surface area contributed by atoms with E-state index in [4.69, 9.17) is 16.3 Å². The van der Waals surface area contributed by atoms with Crippen LogP contribution in [0.15, 0.2) is 12.1 Å². The number of halogens is 1. The Morgan fingerprint density at radius 2 is 2.06 bits per heavy atom. The molecule has 1 rings (SSSR count). The third kappa shape index (κ3) is 2.37. The molecule has 0 radical (unpaired) electrons. The van der Waals surface area contributed by atoms with Gasteiger partial charge in [-0.05, 0) is 6.07 Å². The monoisotopic (exact) mass is 246 g/mol. The van der Waals surface area contributed by atoms with Crippen molar-refractivity contribution in [2.45, 2.75) is 6.10 Å². The molecule has 0 amide bonds. The molecule has 16 heavy (non-hydrogen) atoms. The van der Waals surface area contributed by atoms with Gasteiger partial charge >= 0.3 is 5.97 Å². The largest absolute Gasteiger partial charge is 0.504 e. The molecule has 0 saturated carbocycles. The maximum Gasteiger partial charge on any atom is 0.339 e. The number of aromatic hydroxyl groups is 1. The number of ether oxygens (including phenoxy) is 2. The maximum atomic E-state index is 11.1. The number of carbonyl (C=O) groups is 1. The number of methoxy groups -OCH3 is 2. The minimum Gasteiger partial charge on any atom is -0.504 e. The summed E-state index contributed by atoms with van der Waals surface area (Å²) in [6.07, 6.45) is -1.60. The van der Waals surface area contributed by atoms with E-state index in [1.165, 1.54) is 19.2 Å². The third-order valence-corrected chi connectivity index (χ3v) is 2.23. The Balaban J connectivity index is 3.22. The first-order chi connectivity index (χ1) is 7.51. The third-order valence-electron chi connectivity index (χ3n) is 2.01. The second kappa shape index (κ2) is 5.05. The molecule has 0 aliphatic carbocycles. The van der Waals surface area contributed by atoms with E-state index in [2.05, 4.69) is 4.74 Å². The highest BCUT2D eigenvalue weighted by atomic mass is 35.5. The van der Waals surface area contributed by atoms with E-state index in [9.17, 15) is 15.0 Å². The van der Waals surface area contributed by atoms with Crippen LogP contribution in [0.4, 0.5) is 0 Å². The molecule has 5 nitrogen and oxygen atoms in total. The molecule has 1 aromatic carbocycles. The van der Waals surface area contributed by atoms with Crippen molar-refractivity contribution in [3.8, 4) is 11.5 Å². The van der Waals surface area contributed by atoms with Crippen molar-refractivity contribution in [2.75, 3.05) is 14.2 Å². The lowest BCUT2D eigenvalue weighted by atomic mass is 10.1. The van der Waals surface area contributed by atoms with E-state index in [1.54, 1.807) is 0 Å². The van der Waals surface area contributed by atoms with Crippen molar-refractivity contribution in [1.82, 2.24) is 0 Å². The van der Waals surface area contributed by atoms with Gasteiger partial charge in [-0.1, -0.05) is 11.6 Å². The molecule has 0 spiro atoms. The van der Waals surface area contributed by atoms with Gasteiger partial charge in [0, 0.05) is 16.7 Å². The summed E-state index contributed by atoms with van der Waals surface area (Å²) in [5.74, 6) is -1.16. The van der Waals surface area contributed by atoms with Crippen LogP contribution in [0.25, 0.3) is 0 Å². The van der Waals surface area contributed by atoms with E-state index in [0.29, 0.717) is 0 Å². The maximum absolute atomic E-state index is 11.1. The van der Waals surface area contributed by atoms with Crippen LogP contribution in [0, 0.1) is 0 Å². The van der Waals surface area contributed by atoms with Gasteiger partial charge in [-0.3, -0.25) is 0 Å². The lowest BCUT2D eigenvalue weighted by molar-refractivity contribution is -0.150. The highest BCUT2D eigenvalue weighted by Crippen LogP contribution is 2.37. The van der Waals surface area contributed by atoms with Gasteiger partial charge in [0.1, 0.15) is 0 Å². The lowest BCUT2D eigenvalue weighted by Gasteiger charge is -2.13. The first-order valence-corrected chi connectivity index (χ1v) is 4.71. The van der Waals surface area contributed by atoms with Crippen molar-refractivity contribution >= 4 is 17.6 Å². The normalized spacial score (nSPS) is 12.0. The van der Waals surface area contributed by atoms with Gasteiger partial charge < -0.3 is 19.7 Å². The van der Waals surface area contributed by atoms with Crippen LogP contribution in [0.5, 0.6) is 11.5 Å². The van der Waals surface area contributed by atoms with Gasteiger partial charge in [-0.25, -0.2) is 4.79 Å². The minimum absolute atomic E-state index is 0.0591. The zero-order valence-corrected chi connectivity index (χ0v) is 9.49. The van der Waals surface area contributed by atoms with Crippen LogP contribution in [-0.4, -0.2) is 30.4 Å². The second-order valence-corrected chi connectivity index (χ2v) is 3.41. The lowest BCUT2D eigenvalue weighted by Crippen LogP contribution is -2.13. The van der Waals surface area contributed by atoms with Gasteiger partial charge in [-0.15, -0.1) is 0 Å². The molecular weight excluding hydrogens is 236 g/mol. The second-order valence-electron chi connectivity index (χ2n) is 2.97. The van der Waals surface area contributed by atoms with E-state index in [1.807, 2.05) is 0 Å². The summed E-state index contributed by atoms with van der Waals surface area (Å²) < 4.78 is 9.18. The van der Waals surface area contributed by atoms with Crippen LogP contribution in [0.3, 0.4) is 0 Å². The molecule has 6 heteroatoms. The zero-order valence-electron chi connectivity index (χ0n) is 8.73. The molecule has 88 valence electrons. The van der Waals surface area contributed by atoms with E-state index in [0.717, 1.165) is 7.11 Å². The van der Waals surface area contributed by atoms with E-state index in [-0.39, 0.29) is 22.1 Å². The van der Waals surface area contributed by atoms with Crippen LogP contribution in [0.1, 0.15) is 11.7 Å². The molecule has 1 aromatic rings. The molecule has 0 bridgehead atoms. The summed E-state index contributed by atoms with van der Waals surface area (Å²) in [5.41, 5.74) is -0.0591. The first kappa shape index (κ1) is 12.6. The van der Waals surface area contributed by atoms with Gasteiger partial charge in [0.15, 0.2) is 17.6 Å². The Hall–Kier alpha value is -1.46. The Morgan fingerprint density at radius 1 is 1.44 bits per heavy atom. The predicted molar refractivity (Wildman–Crippen MR) is 56.6 cm³/mol. The molecular formula is C10H11ClO5. The average Bonchev–Trinajstić information content (AvgIpc) is 2.29. The molecule has 0 aromatic heterocycles. The Kier molecular flexibility index (Phi) is 3.98. The average molecular weight is 247 g/mol. The van der Waals surface area contributed by atoms with Crippen LogP contribution < -0.4 is 4.74 Å². The number of hydrogen-bond donors (Lipinski definition) is 2. The summed E-state index contributed by atoms with van der Waals surface area (Å²) in [5, 5.41) is 19.5. The molecule has 2 N–H and O–H groups in total. The molecule has 1 atom stereocenters. The van der Waals surface area contributed by atoms with Crippen molar-refractivity contribution in [3.63, 3.8) is 0 Å². The van der Waals surface area contributed by atoms with Crippen molar-refractivity contribution < 1.29 is 24.5 Å².